The Hall–Kier alpha value is -1.16. The molecule has 0 radical (unpaired) electrons. The number of esters is 1. The predicted molar refractivity (Wildman–Crippen MR) is 70.9 cm³/mol. The molecule has 0 N–H and O–H groups in total. The third-order valence-electron chi connectivity index (χ3n) is 3.44. The maximum atomic E-state index is 12.2. The summed E-state index contributed by atoms with van der Waals surface area (Å²) in [4.78, 5) is 23.9. The van der Waals surface area contributed by atoms with E-state index in [1.807, 2.05) is 38.1 Å². The van der Waals surface area contributed by atoms with Gasteiger partial charge >= 0.3 is 5.97 Å². The first-order chi connectivity index (χ1) is 8.34. The van der Waals surface area contributed by atoms with Crippen LogP contribution in [-0.4, -0.2) is 11.8 Å². The molecule has 0 amide bonds. The van der Waals surface area contributed by atoms with Gasteiger partial charge in [-0.05, 0) is 38.5 Å². The van der Waals surface area contributed by atoms with Gasteiger partial charge in [-0.3, -0.25) is 9.59 Å². The zero-order chi connectivity index (χ0) is 13.5. The summed E-state index contributed by atoms with van der Waals surface area (Å²) in [7, 11) is 0. The van der Waals surface area contributed by atoms with Crippen LogP contribution in [0.25, 0.3) is 0 Å². The van der Waals surface area contributed by atoms with Crippen LogP contribution in [-0.2, 0) is 14.3 Å². The van der Waals surface area contributed by atoms with E-state index in [1.165, 1.54) is 0 Å². The molecule has 2 atom stereocenters. The zero-order valence-corrected chi connectivity index (χ0v) is 12.2. The van der Waals surface area contributed by atoms with E-state index in [9.17, 15) is 9.59 Å². The van der Waals surface area contributed by atoms with Crippen LogP contribution in [0.5, 0.6) is 0 Å². The number of benzene rings is 1. The van der Waals surface area contributed by atoms with Crippen molar-refractivity contribution in [3.05, 3.63) is 34.3 Å². The number of cyclic esters (lactones) is 1. The van der Waals surface area contributed by atoms with E-state index in [0.717, 1.165) is 10.0 Å². The molecule has 2 rings (SSSR count). The van der Waals surface area contributed by atoms with Gasteiger partial charge in [-0.25, -0.2) is 0 Å². The third kappa shape index (κ3) is 2.09. The Morgan fingerprint density at radius 1 is 1.17 bits per heavy atom. The van der Waals surface area contributed by atoms with Crippen LogP contribution in [0, 0.1) is 11.3 Å². The highest BCUT2D eigenvalue weighted by molar-refractivity contribution is 9.10. The molecule has 0 aliphatic carbocycles. The minimum Gasteiger partial charge on any atom is -0.456 e. The van der Waals surface area contributed by atoms with Crippen LogP contribution in [0.2, 0.25) is 0 Å². The van der Waals surface area contributed by atoms with Crippen LogP contribution >= 0.6 is 15.9 Å². The normalized spacial score (nSPS) is 26.9. The largest absolute Gasteiger partial charge is 0.456 e. The molecule has 0 unspecified atom stereocenters. The maximum absolute atomic E-state index is 12.2. The van der Waals surface area contributed by atoms with Crippen LogP contribution in [0.1, 0.15) is 32.4 Å². The van der Waals surface area contributed by atoms with Crippen LogP contribution in [0.15, 0.2) is 28.7 Å². The summed E-state index contributed by atoms with van der Waals surface area (Å²) in [5.74, 6) is -1.18. The van der Waals surface area contributed by atoms with Crippen LogP contribution < -0.4 is 0 Å². The Kier molecular flexibility index (Phi) is 3.32. The molecular weight excluding hydrogens is 296 g/mol. The monoisotopic (exact) mass is 310 g/mol. The number of ketones is 1. The van der Waals surface area contributed by atoms with E-state index < -0.39 is 23.4 Å². The topological polar surface area (TPSA) is 43.4 Å². The summed E-state index contributed by atoms with van der Waals surface area (Å²) < 4.78 is 6.39. The van der Waals surface area contributed by atoms with Crippen molar-refractivity contribution in [3.63, 3.8) is 0 Å². The van der Waals surface area contributed by atoms with Crippen molar-refractivity contribution in [2.75, 3.05) is 0 Å². The highest BCUT2D eigenvalue weighted by atomic mass is 79.9. The number of carbonyl (C=O) groups is 2. The van der Waals surface area contributed by atoms with Crippen molar-refractivity contribution in [3.8, 4) is 0 Å². The molecule has 0 saturated carbocycles. The highest BCUT2D eigenvalue weighted by Crippen LogP contribution is 2.43. The molecular formula is C14H15BrO3. The van der Waals surface area contributed by atoms with Gasteiger partial charge in [-0.15, -0.1) is 0 Å². The molecule has 0 aromatic heterocycles. The fraction of sp³-hybridized carbons (Fsp3) is 0.429. The number of carbonyl (C=O) groups excluding carboxylic acids is 2. The lowest BCUT2D eigenvalue weighted by Gasteiger charge is -2.39. The Labute approximate surface area is 115 Å². The van der Waals surface area contributed by atoms with Crippen molar-refractivity contribution in [2.45, 2.75) is 26.9 Å². The molecule has 0 spiro atoms. The van der Waals surface area contributed by atoms with Crippen LogP contribution in [0.4, 0.5) is 0 Å². The SMILES string of the molecule is C[C@@H]1C(=O)O[C@H](c2ccc(Br)cc2)C(C)(C)C1=O. The second-order valence-electron chi connectivity index (χ2n) is 5.18. The molecule has 1 aliphatic rings. The first kappa shape index (κ1) is 13.3. The smallest absolute Gasteiger partial charge is 0.316 e. The minimum atomic E-state index is -0.693. The number of halogens is 1. The van der Waals surface area contributed by atoms with Gasteiger partial charge in [0, 0.05) is 4.47 Å². The Morgan fingerprint density at radius 2 is 1.72 bits per heavy atom. The van der Waals surface area contributed by atoms with E-state index in [4.69, 9.17) is 4.74 Å². The van der Waals surface area contributed by atoms with Gasteiger partial charge in [-0.2, -0.15) is 0 Å². The molecule has 1 aliphatic heterocycles. The second-order valence-corrected chi connectivity index (χ2v) is 6.09. The Balaban J connectivity index is 2.40. The number of hydrogen-bond acceptors (Lipinski definition) is 3. The molecule has 1 aromatic carbocycles. The van der Waals surface area contributed by atoms with Crippen molar-refractivity contribution in [2.24, 2.45) is 11.3 Å². The van der Waals surface area contributed by atoms with E-state index in [2.05, 4.69) is 15.9 Å². The molecule has 1 aromatic rings. The summed E-state index contributed by atoms with van der Waals surface area (Å²) in [5.41, 5.74) is 0.151. The highest BCUT2D eigenvalue weighted by Gasteiger charge is 2.49. The van der Waals surface area contributed by atoms with E-state index in [0.29, 0.717) is 0 Å². The van der Waals surface area contributed by atoms with Gasteiger partial charge < -0.3 is 4.74 Å². The molecule has 96 valence electrons. The third-order valence-corrected chi connectivity index (χ3v) is 3.97. The first-order valence-corrected chi connectivity index (χ1v) is 6.63. The minimum absolute atomic E-state index is 0.0633. The molecule has 1 fully saturated rings. The summed E-state index contributed by atoms with van der Waals surface area (Å²) in [6.45, 7) is 5.25. The molecule has 4 heteroatoms. The molecule has 1 saturated heterocycles. The average molecular weight is 311 g/mol. The Bertz CT molecular complexity index is 490. The lowest BCUT2D eigenvalue weighted by molar-refractivity contribution is -0.177. The molecule has 0 bridgehead atoms. The summed E-state index contributed by atoms with van der Waals surface area (Å²) in [5, 5.41) is 0. The number of ether oxygens (including phenoxy) is 1. The maximum Gasteiger partial charge on any atom is 0.316 e. The predicted octanol–water partition coefficient (Wildman–Crippen LogP) is 3.28. The zero-order valence-electron chi connectivity index (χ0n) is 10.6. The summed E-state index contributed by atoms with van der Waals surface area (Å²) in [6, 6.07) is 7.49. The van der Waals surface area contributed by atoms with Crippen LogP contribution in [0.3, 0.4) is 0 Å². The van der Waals surface area contributed by atoms with Crippen molar-refractivity contribution in [1.29, 1.82) is 0 Å². The van der Waals surface area contributed by atoms with Gasteiger partial charge in [0.15, 0.2) is 5.78 Å². The lowest BCUT2D eigenvalue weighted by atomic mass is 9.73. The standard InChI is InChI=1S/C14H15BrO3/c1-8-11(16)14(2,3)12(18-13(8)17)9-4-6-10(15)7-5-9/h4-8,12H,1-3H3/t8-,12+/m0/s1. The summed E-state index contributed by atoms with van der Waals surface area (Å²) >= 11 is 3.36. The molecule has 18 heavy (non-hydrogen) atoms. The molecule has 1 heterocycles. The van der Waals surface area contributed by atoms with Gasteiger partial charge in [0.2, 0.25) is 0 Å². The van der Waals surface area contributed by atoms with E-state index in [-0.39, 0.29) is 5.78 Å². The fourth-order valence-corrected chi connectivity index (χ4v) is 2.55. The second kappa shape index (κ2) is 4.50. The Morgan fingerprint density at radius 3 is 2.28 bits per heavy atom. The summed E-state index contributed by atoms with van der Waals surface area (Å²) in [6.07, 6.45) is -0.512. The number of Topliss-reactive ketones (excluding diaryl/α,β-unsaturated/α-hetero) is 1. The number of rotatable bonds is 1. The quantitative estimate of drug-likeness (QED) is 0.590. The lowest BCUT2D eigenvalue weighted by Crippen LogP contribution is -2.46. The van der Waals surface area contributed by atoms with Gasteiger partial charge in [0.05, 0.1) is 5.41 Å². The first-order valence-electron chi connectivity index (χ1n) is 5.84. The van der Waals surface area contributed by atoms with E-state index >= 15 is 0 Å². The van der Waals surface area contributed by atoms with E-state index in [1.54, 1.807) is 6.92 Å². The van der Waals surface area contributed by atoms with Gasteiger partial charge in [-0.1, -0.05) is 28.1 Å². The van der Waals surface area contributed by atoms with Gasteiger partial charge in [0.25, 0.3) is 0 Å². The van der Waals surface area contributed by atoms with Gasteiger partial charge in [0.1, 0.15) is 12.0 Å². The molecule has 3 nitrogen and oxygen atoms in total. The van der Waals surface area contributed by atoms with Crippen molar-refractivity contribution < 1.29 is 14.3 Å². The van der Waals surface area contributed by atoms with Crippen molar-refractivity contribution in [1.82, 2.24) is 0 Å². The average Bonchev–Trinajstić information content (AvgIpc) is 2.33. The fourth-order valence-electron chi connectivity index (χ4n) is 2.28. The number of hydrogen-bond donors (Lipinski definition) is 0. The van der Waals surface area contributed by atoms with Crippen molar-refractivity contribution >= 4 is 27.7 Å².